The van der Waals surface area contributed by atoms with E-state index >= 15 is 0 Å². The molecule has 68 valence electrons. The fourth-order valence-corrected chi connectivity index (χ4v) is 1.61. The van der Waals surface area contributed by atoms with E-state index in [0.717, 1.165) is 12.8 Å². The Balaban J connectivity index is 4.54. The molecule has 0 aliphatic carbocycles. The van der Waals surface area contributed by atoms with Gasteiger partial charge in [0.1, 0.15) is 16.1 Å². The number of carboxylic acids is 1. The molecule has 0 aromatic rings. The van der Waals surface area contributed by atoms with Crippen molar-refractivity contribution in [1.82, 2.24) is 0 Å². The molecule has 0 amide bonds. The van der Waals surface area contributed by atoms with Crippen molar-refractivity contribution < 1.29 is 14.3 Å². The topological polar surface area (TPSA) is 46.5 Å². The van der Waals surface area contributed by atoms with E-state index in [9.17, 15) is 4.79 Å². The summed E-state index contributed by atoms with van der Waals surface area (Å²) in [4.78, 5) is 10.2. The summed E-state index contributed by atoms with van der Waals surface area (Å²) in [5, 5.41) is 8.35. The highest BCUT2D eigenvalue weighted by molar-refractivity contribution is 5.98. The van der Waals surface area contributed by atoms with Gasteiger partial charge in [-0.05, 0) is 12.8 Å². The predicted octanol–water partition coefficient (Wildman–Crippen LogP) is -0.0698. The zero-order valence-electron chi connectivity index (χ0n) is 7.68. The lowest BCUT2D eigenvalue weighted by Crippen LogP contribution is -2.28. The number of hydrogen-bond acceptors (Lipinski definition) is 2. The summed E-state index contributed by atoms with van der Waals surface area (Å²) in [6.07, 6.45) is 1.46. The lowest BCUT2D eigenvalue weighted by Gasteiger charge is -2.23. The number of carbonyl (C=O) groups is 1. The van der Waals surface area contributed by atoms with Crippen molar-refractivity contribution in [2.24, 2.45) is 0 Å². The maximum Gasteiger partial charge on any atom is 0.382 e. The van der Waals surface area contributed by atoms with Gasteiger partial charge in [-0.2, -0.15) is 0 Å². The van der Waals surface area contributed by atoms with Crippen molar-refractivity contribution in [3.63, 3.8) is 0 Å². The second-order valence-electron chi connectivity index (χ2n) is 2.46. The van der Waals surface area contributed by atoms with Crippen molar-refractivity contribution in [2.75, 3.05) is 0 Å². The van der Waals surface area contributed by atoms with Gasteiger partial charge in [0.15, 0.2) is 0 Å². The molecule has 0 spiro atoms. The zero-order valence-corrected chi connectivity index (χ0v) is 9.68. The minimum Gasteiger partial charge on any atom is -0.472 e. The summed E-state index contributed by atoms with van der Waals surface area (Å²) in [7, 11) is 0.580. The van der Waals surface area contributed by atoms with Crippen LogP contribution in [-0.4, -0.2) is 27.2 Å². The van der Waals surface area contributed by atoms with E-state index in [1.165, 1.54) is 0 Å². The van der Waals surface area contributed by atoms with Crippen LogP contribution in [0.2, 0.25) is 0 Å². The van der Waals surface area contributed by atoms with Gasteiger partial charge in [0, 0.05) is 5.92 Å². The molecule has 0 aromatic carbocycles. The van der Waals surface area contributed by atoms with Crippen molar-refractivity contribution in [3.8, 4) is 11.8 Å². The highest BCUT2D eigenvalue weighted by Crippen LogP contribution is 2.17. The molecule has 0 atom stereocenters. The Morgan fingerprint density at radius 2 is 2.08 bits per heavy atom. The van der Waals surface area contributed by atoms with Crippen LogP contribution < -0.4 is 0 Å². The number of hydrogen-bond donors (Lipinski definition) is 1. The van der Waals surface area contributed by atoms with E-state index in [4.69, 9.17) is 9.53 Å². The summed E-state index contributed by atoms with van der Waals surface area (Å²) in [6, 6.07) is 0. The normalized spacial score (nSPS) is 10.5. The largest absolute Gasteiger partial charge is 0.472 e. The van der Waals surface area contributed by atoms with Crippen LogP contribution in [-0.2, 0) is 9.22 Å². The SMILES string of the molecule is CCC(C#CC(=O)O)(CC)O[SiH3]. The first-order chi connectivity index (χ1) is 5.60. The Morgan fingerprint density at radius 1 is 1.58 bits per heavy atom. The van der Waals surface area contributed by atoms with Crippen LogP contribution in [0.15, 0.2) is 0 Å². The predicted molar refractivity (Wildman–Crippen MR) is 49.7 cm³/mol. The van der Waals surface area contributed by atoms with E-state index in [1.54, 1.807) is 0 Å². The van der Waals surface area contributed by atoms with Gasteiger partial charge in [-0.25, -0.2) is 4.79 Å². The third-order valence-electron chi connectivity index (χ3n) is 1.93. The molecule has 0 bridgehead atoms. The van der Waals surface area contributed by atoms with Crippen LogP contribution in [0.3, 0.4) is 0 Å². The second-order valence-corrected chi connectivity index (χ2v) is 2.87. The molecule has 0 fully saturated rings. The van der Waals surface area contributed by atoms with Crippen LogP contribution in [0.4, 0.5) is 0 Å². The van der Waals surface area contributed by atoms with Crippen LogP contribution in [0.1, 0.15) is 26.7 Å². The van der Waals surface area contributed by atoms with E-state index in [0.29, 0.717) is 10.5 Å². The Labute approximate surface area is 75.7 Å². The highest BCUT2D eigenvalue weighted by atomic mass is 28.2. The average Bonchev–Trinajstić information content (AvgIpc) is 2.08. The molecule has 0 rings (SSSR count). The molecule has 0 aliphatic heterocycles. The zero-order chi connectivity index (χ0) is 9.61. The Hall–Kier alpha value is -0.793. The number of carboxylic acid groups (broad SMARTS) is 1. The third kappa shape index (κ3) is 3.07. The summed E-state index contributed by atoms with van der Waals surface area (Å²) < 4.78 is 5.29. The summed E-state index contributed by atoms with van der Waals surface area (Å²) in [6.45, 7) is 3.88. The van der Waals surface area contributed by atoms with Gasteiger partial charge in [0.25, 0.3) is 0 Å². The monoisotopic (exact) mass is 186 g/mol. The van der Waals surface area contributed by atoms with Crippen molar-refractivity contribution in [1.29, 1.82) is 0 Å². The van der Waals surface area contributed by atoms with Gasteiger partial charge in [0.05, 0.1) is 0 Å². The van der Waals surface area contributed by atoms with Crippen LogP contribution in [0, 0.1) is 11.8 Å². The van der Waals surface area contributed by atoms with Gasteiger partial charge in [0.2, 0.25) is 0 Å². The first-order valence-corrected chi connectivity index (χ1v) is 4.73. The first kappa shape index (κ1) is 11.2. The second kappa shape index (κ2) is 4.96. The minimum absolute atomic E-state index is 0.523. The Kier molecular flexibility index (Phi) is 4.63. The molecule has 0 unspecified atom stereocenters. The smallest absolute Gasteiger partial charge is 0.382 e. The summed E-state index contributed by atoms with van der Waals surface area (Å²) in [5.41, 5.74) is -0.523. The van der Waals surface area contributed by atoms with Gasteiger partial charge in [-0.3, -0.25) is 0 Å². The lowest BCUT2D eigenvalue weighted by atomic mass is 9.98. The number of rotatable bonds is 3. The van der Waals surface area contributed by atoms with Crippen LogP contribution >= 0.6 is 0 Å². The molecule has 4 heteroatoms. The van der Waals surface area contributed by atoms with Crippen molar-refractivity contribution in [2.45, 2.75) is 32.3 Å². The van der Waals surface area contributed by atoms with E-state index in [1.807, 2.05) is 13.8 Å². The van der Waals surface area contributed by atoms with Gasteiger partial charge in [-0.15, -0.1) is 0 Å². The first-order valence-electron chi connectivity index (χ1n) is 3.91. The Morgan fingerprint density at radius 3 is 2.33 bits per heavy atom. The standard InChI is InChI=1S/C8H14O3Si/c1-3-8(4-2,11-12)6-5-7(9)10/h3-4H2,1-2,12H3,(H,9,10). The maximum atomic E-state index is 10.2. The van der Waals surface area contributed by atoms with Crippen molar-refractivity contribution in [3.05, 3.63) is 0 Å². The fraction of sp³-hybridized carbons (Fsp3) is 0.625. The molecule has 0 saturated heterocycles. The molecule has 12 heavy (non-hydrogen) atoms. The summed E-state index contributed by atoms with van der Waals surface area (Å²) in [5.74, 6) is 3.65. The van der Waals surface area contributed by atoms with Gasteiger partial charge < -0.3 is 9.53 Å². The fourth-order valence-electron chi connectivity index (χ4n) is 0.934. The molecular formula is C8H14O3Si. The molecule has 3 nitrogen and oxygen atoms in total. The summed E-state index contributed by atoms with van der Waals surface area (Å²) >= 11 is 0. The molecule has 1 N–H and O–H groups in total. The van der Waals surface area contributed by atoms with Gasteiger partial charge in [-0.1, -0.05) is 19.8 Å². The third-order valence-corrected chi connectivity index (χ3v) is 2.71. The van der Waals surface area contributed by atoms with Gasteiger partial charge >= 0.3 is 5.97 Å². The van der Waals surface area contributed by atoms with Crippen LogP contribution in [0.5, 0.6) is 0 Å². The quantitative estimate of drug-likeness (QED) is 0.496. The minimum atomic E-state index is -1.10. The number of aliphatic carboxylic acids is 1. The van der Waals surface area contributed by atoms with Crippen molar-refractivity contribution >= 4 is 16.5 Å². The lowest BCUT2D eigenvalue weighted by molar-refractivity contribution is -0.130. The van der Waals surface area contributed by atoms with E-state index < -0.39 is 11.6 Å². The molecular weight excluding hydrogens is 172 g/mol. The maximum absolute atomic E-state index is 10.2. The molecule has 0 saturated carbocycles. The molecule has 0 aromatic heterocycles. The van der Waals surface area contributed by atoms with E-state index in [-0.39, 0.29) is 0 Å². The Bertz CT molecular complexity index is 202. The average molecular weight is 186 g/mol. The van der Waals surface area contributed by atoms with E-state index in [2.05, 4.69) is 11.8 Å². The molecule has 0 aliphatic rings. The molecule has 0 heterocycles. The van der Waals surface area contributed by atoms with Crippen LogP contribution in [0.25, 0.3) is 0 Å². The highest BCUT2D eigenvalue weighted by Gasteiger charge is 2.21. The molecule has 0 radical (unpaired) electrons.